The van der Waals surface area contributed by atoms with Crippen LogP contribution in [0.15, 0.2) is 24.7 Å². The van der Waals surface area contributed by atoms with Gasteiger partial charge in [-0.2, -0.15) is 5.10 Å². The van der Waals surface area contributed by atoms with E-state index in [1.807, 2.05) is 23.1 Å². The molecule has 0 bridgehead atoms. The summed E-state index contributed by atoms with van der Waals surface area (Å²) in [5.41, 5.74) is 0. The van der Waals surface area contributed by atoms with E-state index in [0.717, 1.165) is 13.0 Å². The Morgan fingerprint density at radius 3 is 3.08 bits per heavy atom. The van der Waals surface area contributed by atoms with Crippen molar-refractivity contribution in [3.05, 3.63) is 34.6 Å². The fourth-order valence-corrected chi connectivity index (χ4v) is 1.77. The first-order valence-electron chi connectivity index (χ1n) is 3.92. The number of aromatic nitrogens is 3. The van der Waals surface area contributed by atoms with Crippen LogP contribution < -0.4 is 0 Å². The molecule has 2 heterocycles. The number of hydrogen-bond donors (Lipinski definition) is 0. The summed E-state index contributed by atoms with van der Waals surface area (Å²) in [7, 11) is 0. The second-order valence-corrected chi connectivity index (χ2v) is 4.00. The summed E-state index contributed by atoms with van der Waals surface area (Å²) in [4.78, 5) is 1.27. The second-order valence-electron chi connectivity index (χ2n) is 2.65. The van der Waals surface area contributed by atoms with Gasteiger partial charge in [0.1, 0.15) is 0 Å². The maximum atomic E-state index is 5.73. The Morgan fingerprint density at radius 2 is 2.46 bits per heavy atom. The van der Waals surface area contributed by atoms with Gasteiger partial charge in [-0.1, -0.05) is 11.6 Å². The van der Waals surface area contributed by atoms with Crippen molar-refractivity contribution in [3.8, 4) is 0 Å². The van der Waals surface area contributed by atoms with E-state index in [1.54, 1.807) is 6.20 Å². The van der Waals surface area contributed by atoms with Crippen molar-refractivity contribution < 1.29 is 0 Å². The first kappa shape index (κ1) is 8.72. The molecule has 2 rings (SSSR count). The van der Waals surface area contributed by atoms with Gasteiger partial charge in [0.25, 0.3) is 0 Å². The van der Waals surface area contributed by atoms with Crippen LogP contribution in [0.3, 0.4) is 0 Å². The van der Waals surface area contributed by atoms with E-state index in [2.05, 4.69) is 9.47 Å². The van der Waals surface area contributed by atoms with E-state index in [1.165, 1.54) is 16.4 Å². The molecule has 0 aromatic carbocycles. The lowest BCUT2D eigenvalue weighted by Crippen LogP contribution is -1.99. The smallest absolute Gasteiger partial charge is 0.0785 e. The van der Waals surface area contributed by atoms with E-state index < -0.39 is 0 Å². The molecule has 0 atom stereocenters. The number of halogens is 1. The molecule has 5 heteroatoms. The van der Waals surface area contributed by atoms with Crippen LogP contribution in [-0.2, 0) is 13.0 Å². The summed E-state index contributed by atoms with van der Waals surface area (Å²) in [6, 6.07) is 2.02. The van der Waals surface area contributed by atoms with Crippen LogP contribution in [0.2, 0.25) is 5.02 Å². The summed E-state index contributed by atoms with van der Waals surface area (Å²) < 4.78 is 5.86. The van der Waals surface area contributed by atoms with Crippen molar-refractivity contribution in [2.75, 3.05) is 0 Å². The average Bonchev–Trinajstić information content (AvgIpc) is 2.71. The van der Waals surface area contributed by atoms with Crippen LogP contribution >= 0.6 is 23.1 Å². The summed E-state index contributed by atoms with van der Waals surface area (Å²) >= 11 is 7.25. The Balaban J connectivity index is 1.93. The molecule has 0 aliphatic carbocycles. The molecule has 0 aliphatic rings. The first-order chi connectivity index (χ1) is 6.34. The van der Waals surface area contributed by atoms with Gasteiger partial charge in [0, 0.05) is 30.2 Å². The molecule has 0 saturated carbocycles. The fraction of sp³-hybridized carbons (Fsp3) is 0.250. The van der Waals surface area contributed by atoms with Gasteiger partial charge >= 0.3 is 0 Å². The first-order valence-corrected chi connectivity index (χ1v) is 5.07. The molecular formula is C8H8ClN3S. The molecule has 0 fully saturated rings. The van der Waals surface area contributed by atoms with Crippen LogP contribution in [0, 0.1) is 0 Å². The monoisotopic (exact) mass is 213 g/mol. The van der Waals surface area contributed by atoms with Crippen LogP contribution in [0.1, 0.15) is 4.88 Å². The lowest BCUT2D eigenvalue weighted by atomic mass is 10.3. The topological polar surface area (TPSA) is 30.7 Å². The SMILES string of the molecule is Clc1cnn(CCc2ccns2)c1. The van der Waals surface area contributed by atoms with Crippen molar-refractivity contribution in [1.82, 2.24) is 14.2 Å². The van der Waals surface area contributed by atoms with Crippen molar-refractivity contribution in [1.29, 1.82) is 0 Å². The molecule has 0 unspecified atom stereocenters. The molecule has 0 saturated heterocycles. The maximum absolute atomic E-state index is 5.73. The number of nitrogens with zero attached hydrogens (tertiary/aromatic N) is 3. The largest absolute Gasteiger partial charge is 0.271 e. The highest BCUT2D eigenvalue weighted by Crippen LogP contribution is 2.08. The molecular weight excluding hydrogens is 206 g/mol. The molecule has 13 heavy (non-hydrogen) atoms. The Labute approximate surface area is 85.1 Å². The van der Waals surface area contributed by atoms with E-state index in [4.69, 9.17) is 11.6 Å². The minimum Gasteiger partial charge on any atom is -0.271 e. The molecule has 0 aliphatic heterocycles. The van der Waals surface area contributed by atoms with Gasteiger partial charge in [-0.05, 0) is 17.6 Å². The van der Waals surface area contributed by atoms with Crippen LogP contribution in [-0.4, -0.2) is 14.2 Å². The van der Waals surface area contributed by atoms with Gasteiger partial charge in [0.15, 0.2) is 0 Å². The minimum atomic E-state index is 0.685. The Hall–Kier alpha value is -0.870. The zero-order valence-corrected chi connectivity index (χ0v) is 8.42. The van der Waals surface area contributed by atoms with Crippen molar-refractivity contribution in [2.45, 2.75) is 13.0 Å². The Bertz CT molecular complexity index is 368. The fourth-order valence-electron chi connectivity index (χ4n) is 1.06. The van der Waals surface area contributed by atoms with Gasteiger partial charge in [0.2, 0.25) is 0 Å². The summed E-state index contributed by atoms with van der Waals surface area (Å²) in [5, 5.41) is 4.77. The highest BCUT2D eigenvalue weighted by Gasteiger charge is 1.97. The van der Waals surface area contributed by atoms with E-state index >= 15 is 0 Å². The molecule has 2 aromatic rings. The molecule has 68 valence electrons. The normalized spacial score (nSPS) is 10.5. The molecule has 0 spiro atoms. The van der Waals surface area contributed by atoms with E-state index in [0.29, 0.717) is 5.02 Å². The molecule has 0 amide bonds. The van der Waals surface area contributed by atoms with Gasteiger partial charge in [-0.3, -0.25) is 4.68 Å². The maximum Gasteiger partial charge on any atom is 0.0785 e. The third kappa shape index (κ3) is 2.29. The van der Waals surface area contributed by atoms with E-state index in [9.17, 15) is 0 Å². The van der Waals surface area contributed by atoms with Crippen LogP contribution in [0.4, 0.5) is 0 Å². The van der Waals surface area contributed by atoms with Crippen LogP contribution in [0.25, 0.3) is 0 Å². The quantitative estimate of drug-likeness (QED) is 0.783. The zero-order valence-electron chi connectivity index (χ0n) is 6.85. The third-order valence-electron chi connectivity index (χ3n) is 1.68. The molecule has 0 N–H and O–H groups in total. The zero-order chi connectivity index (χ0) is 9.10. The second kappa shape index (κ2) is 3.89. The summed E-state index contributed by atoms with van der Waals surface area (Å²) in [6.07, 6.45) is 6.25. The predicted octanol–water partition coefficient (Wildman–Crippen LogP) is 2.24. The van der Waals surface area contributed by atoms with Gasteiger partial charge in [0.05, 0.1) is 11.2 Å². The number of rotatable bonds is 3. The Kier molecular flexibility index (Phi) is 2.61. The minimum absolute atomic E-state index is 0.685. The Morgan fingerprint density at radius 1 is 1.54 bits per heavy atom. The van der Waals surface area contributed by atoms with E-state index in [-0.39, 0.29) is 0 Å². The lowest BCUT2D eigenvalue weighted by Gasteiger charge is -1.97. The van der Waals surface area contributed by atoms with Gasteiger partial charge < -0.3 is 0 Å². The average molecular weight is 214 g/mol. The highest BCUT2D eigenvalue weighted by atomic mass is 35.5. The molecule has 3 nitrogen and oxygen atoms in total. The molecule has 0 radical (unpaired) electrons. The third-order valence-corrected chi connectivity index (χ3v) is 2.68. The summed E-state index contributed by atoms with van der Waals surface area (Å²) in [5.74, 6) is 0. The molecule has 2 aromatic heterocycles. The number of hydrogen-bond acceptors (Lipinski definition) is 3. The van der Waals surface area contributed by atoms with Gasteiger partial charge in [-0.15, -0.1) is 0 Å². The van der Waals surface area contributed by atoms with Crippen molar-refractivity contribution in [2.24, 2.45) is 0 Å². The predicted molar refractivity (Wildman–Crippen MR) is 53.1 cm³/mol. The number of aryl methyl sites for hydroxylation is 2. The van der Waals surface area contributed by atoms with Crippen LogP contribution in [0.5, 0.6) is 0 Å². The van der Waals surface area contributed by atoms with Gasteiger partial charge in [-0.25, -0.2) is 4.37 Å². The lowest BCUT2D eigenvalue weighted by molar-refractivity contribution is 0.618. The van der Waals surface area contributed by atoms with Crippen molar-refractivity contribution >= 4 is 23.1 Å². The highest BCUT2D eigenvalue weighted by molar-refractivity contribution is 7.05. The van der Waals surface area contributed by atoms with Crippen molar-refractivity contribution in [3.63, 3.8) is 0 Å². The summed E-state index contributed by atoms with van der Waals surface area (Å²) in [6.45, 7) is 0.856. The standard InChI is InChI=1S/C8H8ClN3S/c9-7-5-10-12(6-7)4-2-8-1-3-11-13-8/h1,3,5-6H,2,4H2.